The van der Waals surface area contributed by atoms with Gasteiger partial charge in [0.2, 0.25) is 5.95 Å². The zero-order chi connectivity index (χ0) is 18.8. The molecule has 0 saturated heterocycles. The van der Waals surface area contributed by atoms with Crippen LogP contribution in [0.25, 0.3) is 10.9 Å². The molecule has 0 atom stereocenters. The fraction of sp³-hybridized carbons (Fsp3) is 0.125. The summed E-state index contributed by atoms with van der Waals surface area (Å²) in [5.74, 6) is 3.74. The summed E-state index contributed by atoms with van der Waals surface area (Å²) >= 11 is 3.12. The third-order valence-electron chi connectivity index (χ3n) is 3.52. The summed E-state index contributed by atoms with van der Waals surface area (Å²) in [6.07, 6.45) is -2.79. The van der Waals surface area contributed by atoms with Gasteiger partial charge in [-0.2, -0.15) is 4.98 Å². The third-order valence-corrected chi connectivity index (χ3v) is 3.98. The van der Waals surface area contributed by atoms with Gasteiger partial charge in [-0.3, -0.25) is 5.43 Å². The highest BCUT2D eigenvalue weighted by molar-refractivity contribution is 9.10. The second kappa shape index (κ2) is 7.42. The van der Waals surface area contributed by atoms with Crippen molar-refractivity contribution in [2.75, 3.05) is 16.9 Å². The number of hydrogen-bond acceptors (Lipinski definition) is 5. The Hall–Kier alpha value is -2.46. The molecule has 0 unspecified atom stereocenters. The van der Waals surface area contributed by atoms with Crippen molar-refractivity contribution in [2.45, 2.75) is 6.43 Å². The molecule has 0 spiro atoms. The lowest BCUT2D eigenvalue weighted by atomic mass is 10.2. The predicted molar refractivity (Wildman–Crippen MR) is 94.4 cm³/mol. The number of alkyl halides is 2. The molecule has 1 aromatic heterocycles. The summed E-state index contributed by atoms with van der Waals surface area (Å²) in [7, 11) is 0. The summed E-state index contributed by atoms with van der Waals surface area (Å²) in [4.78, 5) is 9.08. The van der Waals surface area contributed by atoms with Crippen molar-refractivity contribution in [1.82, 2.24) is 9.97 Å². The number of fused-ring (bicyclic) bond motifs is 1. The quantitative estimate of drug-likeness (QED) is 0.358. The first-order valence-corrected chi connectivity index (χ1v) is 8.13. The molecule has 3 aromatic rings. The lowest BCUT2D eigenvalue weighted by Crippen LogP contribution is -2.26. The first-order chi connectivity index (χ1) is 12.4. The molecule has 0 aliphatic heterocycles. The first kappa shape index (κ1) is 18.3. The minimum atomic E-state index is -2.79. The second-order valence-corrected chi connectivity index (χ2v) is 6.19. The average Bonchev–Trinajstić information content (AvgIpc) is 2.58. The SMILES string of the molecule is NNc1nc(N(CC(F)F)c2cc(F)cc(Br)c2)c2c(F)cccc2n1. The molecule has 0 bridgehead atoms. The molecule has 0 aliphatic carbocycles. The van der Waals surface area contributed by atoms with E-state index in [9.17, 15) is 17.6 Å². The van der Waals surface area contributed by atoms with E-state index in [1.807, 2.05) is 0 Å². The monoisotopic (exact) mass is 429 g/mol. The Morgan fingerprint density at radius 1 is 1.15 bits per heavy atom. The number of halogens is 5. The van der Waals surface area contributed by atoms with E-state index in [2.05, 4.69) is 31.3 Å². The Labute approximate surface area is 153 Å². The van der Waals surface area contributed by atoms with Gasteiger partial charge in [-0.05, 0) is 30.3 Å². The zero-order valence-corrected chi connectivity index (χ0v) is 14.6. The lowest BCUT2D eigenvalue weighted by molar-refractivity contribution is 0.158. The maximum atomic E-state index is 14.4. The molecular weight excluding hydrogens is 418 g/mol. The van der Waals surface area contributed by atoms with Crippen LogP contribution in [0.3, 0.4) is 0 Å². The van der Waals surface area contributed by atoms with Crippen LogP contribution < -0.4 is 16.2 Å². The van der Waals surface area contributed by atoms with Crippen LogP contribution in [0.5, 0.6) is 0 Å². The van der Waals surface area contributed by atoms with Crippen LogP contribution in [0.2, 0.25) is 0 Å². The number of nitrogen functional groups attached to an aromatic ring is 1. The molecule has 0 fully saturated rings. The van der Waals surface area contributed by atoms with E-state index in [0.717, 1.165) is 17.0 Å². The van der Waals surface area contributed by atoms with E-state index >= 15 is 0 Å². The normalized spacial score (nSPS) is 11.2. The number of nitrogens with one attached hydrogen (secondary N) is 1. The van der Waals surface area contributed by atoms with Crippen LogP contribution in [0.4, 0.5) is 35.0 Å². The van der Waals surface area contributed by atoms with Gasteiger partial charge in [-0.15, -0.1) is 0 Å². The Morgan fingerprint density at radius 3 is 2.58 bits per heavy atom. The van der Waals surface area contributed by atoms with Crippen LogP contribution >= 0.6 is 15.9 Å². The Bertz CT molecular complexity index is 933. The molecule has 1 heterocycles. The molecule has 0 saturated carbocycles. The molecule has 0 amide bonds. The Balaban J connectivity index is 2.30. The molecule has 0 radical (unpaired) electrons. The van der Waals surface area contributed by atoms with Crippen molar-refractivity contribution in [3.8, 4) is 0 Å². The van der Waals surface area contributed by atoms with Crippen LogP contribution in [0, 0.1) is 11.6 Å². The van der Waals surface area contributed by atoms with E-state index in [1.54, 1.807) is 0 Å². The summed E-state index contributed by atoms with van der Waals surface area (Å²) in [5.41, 5.74) is 2.46. The fourth-order valence-corrected chi connectivity index (χ4v) is 2.98. The van der Waals surface area contributed by atoms with E-state index in [4.69, 9.17) is 5.84 Å². The molecule has 2 aromatic carbocycles. The van der Waals surface area contributed by atoms with Crippen molar-refractivity contribution in [3.05, 3.63) is 52.5 Å². The third kappa shape index (κ3) is 3.70. The van der Waals surface area contributed by atoms with Crippen LogP contribution in [0.1, 0.15) is 0 Å². The van der Waals surface area contributed by atoms with Gasteiger partial charge in [0.05, 0.1) is 17.4 Å². The van der Waals surface area contributed by atoms with E-state index in [0.29, 0.717) is 4.47 Å². The number of nitrogens with two attached hydrogens (primary N) is 1. The molecule has 10 heteroatoms. The summed E-state index contributed by atoms with van der Waals surface area (Å²) in [6, 6.07) is 7.73. The van der Waals surface area contributed by atoms with Gasteiger partial charge < -0.3 is 4.90 Å². The maximum absolute atomic E-state index is 14.4. The summed E-state index contributed by atoms with van der Waals surface area (Å²) in [5, 5.41) is -0.0764. The van der Waals surface area contributed by atoms with Gasteiger partial charge in [0, 0.05) is 10.2 Å². The summed E-state index contributed by atoms with van der Waals surface area (Å²) < 4.78 is 55.0. The van der Waals surface area contributed by atoms with Crippen molar-refractivity contribution in [3.63, 3.8) is 0 Å². The number of benzene rings is 2. The predicted octanol–water partition coefficient (Wildman–Crippen LogP) is 4.36. The highest BCUT2D eigenvalue weighted by Gasteiger charge is 2.23. The van der Waals surface area contributed by atoms with Crippen LogP contribution in [-0.4, -0.2) is 22.9 Å². The van der Waals surface area contributed by atoms with Crippen molar-refractivity contribution >= 4 is 44.3 Å². The zero-order valence-electron chi connectivity index (χ0n) is 13.1. The van der Waals surface area contributed by atoms with Crippen molar-refractivity contribution in [1.29, 1.82) is 0 Å². The Morgan fingerprint density at radius 2 is 1.92 bits per heavy atom. The highest BCUT2D eigenvalue weighted by Crippen LogP contribution is 2.34. The average molecular weight is 430 g/mol. The van der Waals surface area contributed by atoms with E-state index < -0.39 is 24.6 Å². The number of anilines is 3. The minimum absolute atomic E-state index is 0.0726. The van der Waals surface area contributed by atoms with Gasteiger partial charge in [0.25, 0.3) is 6.43 Å². The molecule has 0 aliphatic rings. The van der Waals surface area contributed by atoms with Gasteiger partial charge in [-0.25, -0.2) is 28.4 Å². The van der Waals surface area contributed by atoms with E-state index in [-0.39, 0.29) is 28.4 Å². The fourth-order valence-electron chi connectivity index (χ4n) is 2.53. The number of rotatable bonds is 5. The topological polar surface area (TPSA) is 67.1 Å². The molecule has 136 valence electrons. The number of nitrogens with zero attached hydrogens (tertiary/aromatic N) is 3. The van der Waals surface area contributed by atoms with Crippen LogP contribution in [-0.2, 0) is 0 Å². The van der Waals surface area contributed by atoms with Crippen molar-refractivity contribution in [2.24, 2.45) is 5.84 Å². The minimum Gasteiger partial charge on any atom is -0.320 e. The highest BCUT2D eigenvalue weighted by atomic mass is 79.9. The van der Waals surface area contributed by atoms with E-state index in [1.165, 1.54) is 24.3 Å². The molecule has 3 rings (SSSR count). The number of hydrogen-bond donors (Lipinski definition) is 2. The molecule has 5 nitrogen and oxygen atoms in total. The van der Waals surface area contributed by atoms with Gasteiger partial charge >= 0.3 is 0 Å². The maximum Gasteiger partial charge on any atom is 0.256 e. The van der Waals surface area contributed by atoms with Gasteiger partial charge in [0.1, 0.15) is 17.5 Å². The summed E-state index contributed by atoms with van der Waals surface area (Å²) in [6.45, 7) is -0.833. The first-order valence-electron chi connectivity index (χ1n) is 7.33. The standard InChI is InChI=1S/C16H12BrF4N5/c17-8-4-9(18)6-10(5-8)26(7-13(20)21)15-14-11(19)2-1-3-12(14)23-16(24-15)25-22/h1-6,13H,7,22H2,(H,23,24,25). The Kier molecular flexibility index (Phi) is 5.23. The van der Waals surface area contributed by atoms with Crippen LogP contribution in [0.15, 0.2) is 40.9 Å². The second-order valence-electron chi connectivity index (χ2n) is 5.28. The molecule has 26 heavy (non-hydrogen) atoms. The molecular formula is C16H12BrF4N5. The van der Waals surface area contributed by atoms with Crippen molar-refractivity contribution < 1.29 is 17.6 Å². The lowest BCUT2D eigenvalue weighted by Gasteiger charge is -2.25. The molecule has 3 N–H and O–H groups in total. The largest absolute Gasteiger partial charge is 0.320 e. The smallest absolute Gasteiger partial charge is 0.256 e. The van der Waals surface area contributed by atoms with Gasteiger partial charge in [0.15, 0.2) is 0 Å². The number of aromatic nitrogens is 2. The van der Waals surface area contributed by atoms with Gasteiger partial charge in [-0.1, -0.05) is 22.0 Å². The number of hydrazine groups is 1.